The first-order chi connectivity index (χ1) is 17.5. The van der Waals surface area contributed by atoms with E-state index < -0.39 is 19.9 Å². The number of amides is 2. The maximum atomic E-state index is 13.4. The van der Waals surface area contributed by atoms with Crippen LogP contribution in [0.4, 0.5) is 9.59 Å². The van der Waals surface area contributed by atoms with Crippen LogP contribution < -0.4 is 5.32 Å². The lowest BCUT2D eigenvalue weighted by atomic mass is 9.99. The molecule has 37 heavy (non-hydrogen) atoms. The molecule has 2 bridgehead atoms. The topological polar surface area (TPSA) is 105 Å². The largest absolute Gasteiger partial charge is 0.445 e. The van der Waals surface area contributed by atoms with E-state index in [2.05, 4.69) is 5.32 Å². The molecule has 1 aromatic rings. The Bertz CT molecular complexity index is 1030. The Hall–Kier alpha value is -1.46. The van der Waals surface area contributed by atoms with E-state index in [-0.39, 0.29) is 49.1 Å². The average Bonchev–Trinajstić information content (AvgIpc) is 3.14. The molecule has 0 spiro atoms. The third kappa shape index (κ3) is 8.02. The van der Waals surface area contributed by atoms with Crippen LogP contribution in [0.1, 0.15) is 44.1 Å². The van der Waals surface area contributed by atoms with Crippen molar-refractivity contribution in [2.45, 2.75) is 67.0 Å². The van der Waals surface area contributed by atoms with Crippen molar-refractivity contribution in [1.29, 1.82) is 0 Å². The van der Waals surface area contributed by atoms with E-state index >= 15 is 0 Å². The van der Waals surface area contributed by atoms with Crippen LogP contribution in [0.15, 0.2) is 30.3 Å². The number of benzene rings is 1. The summed E-state index contributed by atoms with van der Waals surface area (Å²) in [5, 5.41) is 2.77. The summed E-state index contributed by atoms with van der Waals surface area (Å²) < 4.78 is 37.1. The van der Waals surface area contributed by atoms with Gasteiger partial charge in [0.15, 0.2) is 0 Å². The minimum Gasteiger partial charge on any atom is -0.445 e. The van der Waals surface area contributed by atoms with Gasteiger partial charge in [-0.2, -0.15) is 4.31 Å². The second kappa shape index (κ2) is 12.2. The number of alkyl halides is 3. The number of sulfonamides is 1. The van der Waals surface area contributed by atoms with E-state index in [1.54, 1.807) is 9.21 Å². The first kappa shape index (κ1) is 28.5. The maximum Gasteiger partial charge on any atom is 0.410 e. The number of fused-ring (bicyclic) bond motifs is 2. The normalized spacial score (nSPS) is 25.1. The summed E-state index contributed by atoms with van der Waals surface area (Å²) in [6.07, 6.45) is 2.73. The number of piperidine rings is 2. The summed E-state index contributed by atoms with van der Waals surface area (Å²) in [5.41, 5.74) is 0.921. The lowest BCUT2D eigenvalue weighted by molar-refractivity contribution is 0.0838. The molecular formula is C24H32Cl3N3O6S. The smallest absolute Gasteiger partial charge is 0.410 e. The number of hydrogen-bond acceptors (Lipinski definition) is 6. The van der Waals surface area contributed by atoms with Crippen molar-refractivity contribution in [3.8, 4) is 0 Å². The zero-order valence-electron chi connectivity index (χ0n) is 20.4. The Balaban J connectivity index is 1.23. The molecule has 3 aliphatic heterocycles. The van der Waals surface area contributed by atoms with Crippen molar-refractivity contribution in [3.63, 3.8) is 0 Å². The van der Waals surface area contributed by atoms with Crippen LogP contribution in [0.5, 0.6) is 0 Å². The minimum absolute atomic E-state index is 0.0182. The zero-order chi connectivity index (χ0) is 26.6. The number of nitrogens with one attached hydrogen (secondary N) is 1. The maximum absolute atomic E-state index is 13.4. The molecule has 1 unspecified atom stereocenters. The van der Waals surface area contributed by atoms with Crippen molar-refractivity contribution in [3.05, 3.63) is 35.9 Å². The van der Waals surface area contributed by atoms with Gasteiger partial charge in [-0.25, -0.2) is 18.0 Å². The molecule has 206 valence electrons. The van der Waals surface area contributed by atoms with Crippen molar-refractivity contribution < 1.29 is 27.5 Å². The molecule has 9 nitrogen and oxygen atoms in total. The number of likely N-dealkylation sites (tertiary alicyclic amines) is 1. The summed E-state index contributed by atoms with van der Waals surface area (Å²) in [7, 11) is -3.48. The Morgan fingerprint density at radius 3 is 2.19 bits per heavy atom. The minimum atomic E-state index is -3.48. The highest BCUT2D eigenvalue weighted by atomic mass is 35.6. The quantitative estimate of drug-likeness (QED) is 0.466. The van der Waals surface area contributed by atoms with E-state index in [1.807, 2.05) is 30.3 Å². The Morgan fingerprint density at radius 1 is 0.973 bits per heavy atom. The summed E-state index contributed by atoms with van der Waals surface area (Å²) >= 11 is 16.8. The van der Waals surface area contributed by atoms with Crippen LogP contribution in [-0.4, -0.2) is 77.2 Å². The van der Waals surface area contributed by atoms with Gasteiger partial charge in [-0.15, -0.1) is 0 Å². The summed E-state index contributed by atoms with van der Waals surface area (Å²) in [6, 6.07) is 8.97. The highest BCUT2D eigenvalue weighted by molar-refractivity contribution is 7.89. The van der Waals surface area contributed by atoms with Gasteiger partial charge in [-0.05, 0) is 50.0 Å². The fourth-order valence-electron chi connectivity index (χ4n) is 5.54. The van der Waals surface area contributed by atoms with Gasteiger partial charge in [0.05, 0.1) is 5.75 Å². The molecule has 1 aromatic carbocycles. The van der Waals surface area contributed by atoms with Gasteiger partial charge < -0.3 is 19.7 Å². The van der Waals surface area contributed by atoms with E-state index in [0.717, 1.165) is 18.4 Å². The van der Waals surface area contributed by atoms with Crippen LogP contribution in [0.25, 0.3) is 0 Å². The third-order valence-electron chi connectivity index (χ3n) is 7.20. The monoisotopic (exact) mass is 595 g/mol. The van der Waals surface area contributed by atoms with Crippen LogP contribution >= 0.6 is 34.8 Å². The Morgan fingerprint density at radius 2 is 1.59 bits per heavy atom. The average molecular weight is 597 g/mol. The molecule has 3 atom stereocenters. The van der Waals surface area contributed by atoms with Gasteiger partial charge in [0.25, 0.3) is 0 Å². The van der Waals surface area contributed by atoms with Crippen LogP contribution in [-0.2, 0) is 26.1 Å². The van der Waals surface area contributed by atoms with Gasteiger partial charge in [0, 0.05) is 31.2 Å². The van der Waals surface area contributed by atoms with Gasteiger partial charge in [-0.1, -0.05) is 65.1 Å². The van der Waals surface area contributed by atoms with Crippen molar-refractivity contribution in [2.24, 2.45) is 5.92 Å². The second-order valence-corrected chi connectivity index (χ2v) is 14.4. The molecule has 13 heteroatoms. The lowest BCUT2D eigenvalue weighted by Crippen LogP contribution is -2.53. The molecule has 2 amide bonds. The summed E-state index contributed by atoms with van der Waals surface area (Å²) in [6.45, 7) is 0.797. The molecule has 3 saturated heterocycles. The van der Waals surface area contributed by atoms with Crippen LogP contribution in [0.2, 0.25) is 0 Å². The molecule has 4 rings (SSSR count). The van der Waals surface area contributed by atoms with Gasteiger partial charge in [-0.3, -0.25) is 0 Å². The first-order valence-electron chi connectivity index (χ1n) is 12.5. The highest BCUT2D eigenvalue weighted by Crippen LogP contribution is 2.39. The molecular weight excluding hydrogens is 565 g/mol. The van der Waals surface area contributed by atoms with Crippen molar-refractivity contribution in [1.82, 2.24) is 14.5 Å². The fourth-order valence-corrected chi connectivity index (χ4v) is 8.09. The number of ether oxygens (including phenoxy) is 2. The number of rotatable bonds is 7. The van der Waals surface area contributed by atoms with Gasteiger partial charge in [0.1, 0.15) is 13.2 Å². The van der Waals surface area contributed by atoms with E-state index in [9.17, 15) is 18.0 Å². The predicted octanol–water partition coefficient (Wildman–Crippen LogP) is 4.46. The van der Waals surface area contributed by atoms with Crippen LogP contribution in [0.3, 0.4) is 0 Å². The van der Waals surface area contributed by atoms with Gasteiger partial charge >= 0.3 is 12.2 Å². The Labute approximate surface area is 232 Å². The third-order valence-corrected chi connectivity index (χ3v) is 9.66. The second-order valence-electron chi connectivity index (χ2n) is 9.97. The molecule has 0 saturated carbocycles. The molecule has 3 aliphatic rings. The Kier molecular flexibility index (Phi) is 9.38. The SMILES string of the molecule is O=C(NC1C[C@H]2CC[C@@H](C1)N2S(=O)(=O)CC1CCN(C(=O)OCc2ccccc2)CC1)OCC(Cl)(Cl)Cl. The highest BCUT2D eigenvalue weighted by Gasteiger charge is 2.47. The number of nitrogens with zero attached hydrogens (tertiary/aromatic N) is 2. The molecule has 3 heterocycles. The summed E-state index contributed by atoms with van der Waals surface area (Å²) in [5.74, 6) is 0.0475. The van der Waals surface area contributed by atoms with Gasteiger partial charge in [0.2, 0.25) is 13.8 Å². The van der Waals surface area contributed by atoms with Crippen LogP contribution in [0, 0.1) is 5.92 Å². The van der Waals surface area contributed by atoms with E-state index in [0.29, 0.717) is 38.8 Å². The van der Waals surface area contributed by atoms with E-state index in [4.69, 9.17) is 44.3 Å². The molecule has 0 aromatic heterocycles. The number of hydrogen-bond donors (Lipinski definition) is 1. The van der Waals surface area contributed by atoms with Crippen molar-refractivity contribution in [2.75, 3.05) is 25.4 Å². The molecule has 3 fully saturated rings. The zero-order valence-corrected chi connectivity index (χ0v) is 23.4. The lowest BCUT2D eigenvalue weighted by Gasteiger charge is -2.39. The predicted molar refractivity (Wildman–Crippen MR) is 141 cm³/mol. The number of halogens is 3. The van der Waals surface area contributed by atoms with Crippen molar-refractivity contribution >= 4 is 57.0 Å². The summed E-state index contributed by atoms with van der Waals surface area (Å²) in [4.78, 5) is 26.1. The number of carbonyl (C=O) groups is 2. The molecule has 0 aliphatic carbocycles. The molecule has 0 radical (unpaired) electrons. The first-order valence-corrected chi connectivity index (χ1v) is 15.2. The standard InChI is InChI=1S/C24H32Cl3N3O6S/c25-24(26,27)16-36-22(31)28-19-12-20-6-7-21(13-19)30(20)37(33,34)15-18-8-10-29(11-9-18)23(32)35-14-17-4-2-1-3-5-17/h1-5,18-21H,6-16H2,(H,28,31)/t19?,20-,21+. The number of alkyl carbamates (subject to hydrolysis) is 1. The number of carbonyl (C=O) groups excluding carboxylic acids is 2. The van der Waals surface area contributed by atoms with E-state index in [1.165, 1.54) is 0 Å². The molecule has 1 N–H and O–H groups in total. The fraction of sp³-hybridized carbons (Fsp3) is 0.667.